The highest BCUT2D eigenvalue weighted by Gasteiger charge is 2.26. The van der Waals surface area contributed by atoms with Crippen molar-refractivity contribution in [2.45, 2.75) is 13.3 Å². The second-order valence-electron chi connectivity index (χ2n) is 8.54. The van der Waals surface area contributed by atoms with Crippen LogP contribution in [-0.2, 0) is 6.42 Å². The summed E-state index contributed by atoms with van der Waals surface area (Å²) in [4.78, 5) is 24.3. The zero-order chi connectivity index (χ0) is 23.1. The van der Waals surface area contributed by atoms with Gasteiger partial charge in [-0.25, -0.2) is 9.97 Å². The molecule has 3 aromatic carbocycles. The minimum atomic E-state index is 0.0406. The Morgan fingerprint density at radius 3 is 2.65 bits per heavy atom. The second-order valence-corrected chi connectivity index (χ2v) is 8.54. The van der Waals surface area contributed by atoms with Gasteiger partial charge in [-0.05, 0) is 55.3 Å². The van der Waals surface area contributed by atoms with Gasteiger partial charge in [-0.2, -0.15) is 0 Å². The summed E-state index contributed by atoms with van der Waals surface area (Å²) in [5.74, 6) is 0.740. The maximum absolute atomic E-state index is 13.1. The van der Waals surface area contributed by atoms with Gasteiger partial charge < -0.3 is 14.6 Å². The first-order valence-corrected chi connectivity index (χ1v) is 11.3. The van der Waals surface area contributed by atoms with Crippen LogP contribution in [0, 0.1) is 6.92 Å². The van der Waals surface area contributed by atoms with Crippen molar-refractivity contribution in [1.29, 1.82) is 0 Å². The van der Waals surface area contributed by atoms with Crippen molar-refractivity contribution >= 4 is 28.7 Å². The number of carbonyl (C=O) groups excluding carboxylic acids is 1. The summed E-state index contributed by atoms with van der Waals surface area (Å²) in [5, 5.41) is 3.39. The number of fused-ring (bicyclic) bond motifs is 2. The van der Waals surface area contributed by atoms with Gasteiger partial charge in [0.05, 0.1) is 5.69 Å². The molecule has 0 saturated heterocycles. The second kappa shape index (κ2) is 8.15. The molecule has 1 aliphatic rings. The Morgan fingerprint density at radius 1 is 1.00 bits per heavy atom. The molecule has 0 bridgehead atoms. The van der Waals surface area contributed by atoms with E-state index in [0.29, 0.717) is 17.9 Å². The lowest BCUT2D eigenvalue weighted by atomic mass is 10.1. The Hall–Kier alpha value is -4.45. The Morgan fingerprint density at radius 2 is 1.82 bits per heavy atom. The predicted octanol–water partition coefficient (Wildman–Crippen LogP) is 5.65. The van der Waals surface area contributed by atoms with Gasteiger partial charge in [0.1, 0.15) is 0 Å². The third-order valence-corrected chi connectivity index (χ3v) is 6.23. The normalized spacial score (nSPS) is 12.7. The van der Waals surface area contributed by atoms with Gasteiger partial charge in [0.2, 0.25) is 0 Å². The van der Waals surface area contributed by atoms with Crippen LogP contribution in [0.4, 0.5) is 17.2 Å². The minimum absolute atomic E-state index is 0.0406. The number of amides is 1. The Bertz CT molecular complexity index is 1510. The van der Waals surface area contributed by atoms with E-state index in [2.05, 4.69) is 16.4 Å². The molecule has 6 nitrogen and oxygen atoms in total. The van der Waals surface area contributed by atoms with E-state index in [0.717, 1.165) is 45.8 Å². The van der Waals surface area contributed by atoms with Gasteiger partial charge in [-0.15, -0.1) is 0 Å². The molecule has 0 saturated carbocycles. The molecule has 0 radical (unpaired) electrons. The lowest BCUT2D eigenvalue weighted by molar-refractivity contribution is 0.0989. The quantitative estimate of drug-likeness (QED) is 0.388. The molecule has 1 N–H and O–H groups in total. The van der Waals surface area contributed by atoms with Crippen LogP contribution in [0.3, 0.4) is 0 Å². The fourth-order valence-corrected chi connectivity index (χ4v) is 4.44. The van der Waals surface area contributed by atoms with E-state index in [9.17, 15) is 4.79 Å². The number of aromatic nitrogens is 3. The summed E-state index contributed by atoms with van der Waals surface area (Å²) in [6.07, 6.45) is 6.51. The number of imidazole rings is 1. The largest absolute Gasteiger partial charge is 0.337 e. The van der Waals surface area contributed by atoms with Crippen molar-refractivity contribution in [2.24, 2.45) is 0 Å². The van der Waals surface area contributed by atoms with Crippen LogP contribution in [0.15, 0.2) is 91.4 Å². The van der Waals surface area contributed by atoms with Crippen molar-refractivity contribution < 1.29 is 4.79 Å². The summed E-state index contributed by atoms with van der Waals surface area (Å²) < 4.78 is 1.98. The van der Waals surface area contributed by atoms with E-state index < -0.39 is 0 Å². The standard InChI is InChI=1S/C28H23N5O/c1-19-7-9-20(10-8-19)28(34)33-15-13-22-17-21(11-12-25(22)33)24-18-32-16-14-29-27(32)26(31-24)30-23-5-3-2-4-6-23/h2-12,14,16-18H,13,15H2,1H3,(H,30,31). The Labute approximate surface area is 197 Å². The third kappa shape index (κ3) is 3.59. The number of nitrogens with zero attached hydrogens (tertiary/aromatic N) is 4. The first-order valence-electron chi connectivity index (χ1n) is 11.3. The van der Waals surface area contributed by atoms with Crippen LogP contribution < -0.4 is 10.2 Å². The molecule has 0 aliphatic carbocycles. The number of nitrogens with one attached hydrogen (secondary N) is 1. The topological polar surface area (TPSA) is 62.5 Å². The first kappa shape index (κ1) is 20.2. The molecule has 6 heteroatoms. The maximum Gasteiger partial charge on any atom is 0.258 e. The summed E-state index contributed by atoms with van der Waals surface area (Å²) in [7, 11) is 0. The van der Waals surface area contributed by atoms with Gasteiger partial charge in [-0.1, -0.05) is 42.0 Å². The van der Waals surface area contributed by atoms with Crippen LogP contribution in [-0.4, -0.2) is 26.8 Å². The van der Waals surface area contributed by atoms with Crippen LogP contribution >= 0.6 is 0 Å². The molecule has 0 unspecified atom stereocenters. The van der Waals surface area contributed by atoms with Crippen molar-refractivity contribution in [1.82, 2.24) is 14.4 Å². The van der Waals surface area contributed by atoms with Crippen molar-refractivity contribution in [3.05, 3.63) is 108 Å². The van der Waals surface area contributed by atoms with E-state index >= 15 is 0 Å². The van der Waals surface area contributed by atoms with E-state index in [1.165, 1.54) is 0 Å². The molecule has 0 spiro atoms. The van der Waals surface area contributed by atoms with Crippen molar-refractivity contribution in [3.8, 4) is 11.3 Å². The van der Waals surface area contributed by atoms with Crippen molar-refractivity contribution in [3.63, 3.8) is 0 Å². The predicted molar refractivity (Wildman–Crippen MR) is 135 cm³/mol. The number of aryl methyl sites for hydroxylation is 1. The molecule has 1 aliphatic heterocycles. The van der Waals surface area contributed by atoms with Crippen LogP contribution in [0.25, 0.3) is 16.9 Å². The van der Waals surface area contributed by atoms with E-state index in [-0.39, 0.29) is 5.91 Å². The lowest BCUT2D eigenvalue weighted by Crippen LogP contribution is -2.28. The summed E-state index contributed by atoms with van der Waals surface area (Å²) in [5.41, 5.74) is 7.56. The summed E-state index contributed by atoms with van der Waals surface area (Å²) >= 11 is 0. The van der Waals surface area contributed by atoms with Crippen LogP contribution in [0.5, 0.6) is 0 Å². The monoisotopic (exact) mass is 445 g/mol. The van der Waals surface area contributed by atoms with Gasteiger partial charge in [0, 0.05) is 47.6 Å². The van der Waals surface area contributed by atoms with Gasteiger partial charge in [0.25, 0.3) is 5.91 Å². The molecule has 2 aromatic heterocycles. The highest BCUT2D eigenvalue weighted by Crippen LogP contribution is 2.34. The molecule has 0 fully saturated rings. The molecular weight excluding hydrogens is 422 g/mol. The molecule has 166 valence electrons. The molecule has 6 rings (SSSR count). The van der Waals surface area contributed by atoms with Gasteiger partial charge in [-0.3, -0.25) is 4.79 Å². The highest BCUT2D eigenvalue weighted by molar-refractivity contribution is 6.07. The van der Waals surface area contributed by atoms with Crippen LogP contribution in [0.1, 0.15) is 21.5 Å². The Balaban J connectivity index is 1.34. The average Bonchev–Trinajstić information content (AvgIpc) is 3.51. The fourth-order valence-electron chi connectivity index (χ4n) is 4.44. The van der Waals surface area contributed by atoms with E-state index in [1.807, 2.05) is 95.3 Å². The lowest BCUT2D eigenvalue weighted by Gasteiger charge is -2.18. The number of anilines is 3. The third-order valence-electron chi connectivity index (χ3n) is 6.23. The molecular formula is C28H23N5O. The molecule has 34 heavy (non-hydrogen) atoms. The molecule has 5 aromatic rings. The Kier molecular flexibility index (Phi) is 4.84. The highest BCUT2D eigenvalue weighted by atomic mass is 16.2. The smallest absolute Gasteiger partial charge is 0.258 e. The van der Waals surface area contributed by atoms with Gasteiger partial charge in [0.15, 0.2) is 11.5 Å². The van der Waals surface area contributed by atoms with E-state index in [1.54, 1.807) is 6.20 Å². The number of benzene rings is 3. The summed E-state index contributed by atoms with van der Waals surface area (Å²) in [6.45, 7) is 2.71. The van der Waals surface area contributed by atoms with E-state index in [4.69, 9.17) is 4.98 Å². The molecule has 3 heterocycles. The van der Waals surface area contributed by atoms with Gasteiger partial charge >= 0.3 is 0 Å². The number of para-hydroxylation sites is 1. The number of carbonyl (C=O) groups is 1. The number of hydrogen-bond donors (Lipinski definition) is 1. The zero-order valence-corrected chi connectivity index (χ0v) is 18.8. The molecule has 1 amide bonds. The fraction of sp³-hybridized carbons (Fsp3) is 0.107. The van der Waals surface area contributed by atoms with Crippen molar-refractivity contribution in [2.75, 3.05) is 16.8 Å². The average molecular weight is 446 g/mol. The van der Waals surface area contributed by atoms with Crippen LogP contribution in [0.2, 0.25) is 0 Å². The number of hydrogen-bond acceptors (Lipinski definition) is 4. The first-order chi connectivity index (χ1) is 16.7. The maximum atomic E-state index is 13.1. The SMILES string of the molecule is Cc1ccc(C(=O)N2CCc3cc(-c4cn5ccnc5c(Nc5ccccc5)n4)ccc32)cc1. The minimum Gasteiger partial charge on any atom is -0.337 e. The zero-order valence-electron chi connectivity index (χ0n) is 18.8. The number of rotatable bonds is 4. The molecule has 0 atom stereocenters. The summed E-state index contributed by atoms with van der Waals surface area (Å²) in [6, 6.07) is 23.9.